The lowest BCUT2D eigenvalue weighted by Gasteiger charge is -2.20. The molecule has 0 fully saturated rings. The van der Waals surface area contributed by atoms with Crippen molar-refractivity contribution in [2.45, 2.75) is 50.6 Å². The summed E-state index contributed by atoms with van der Waals surface area (Å²) in [5.74, 6) is 1.10. The van der Waals surface area contributed by atoms with Crippen molar-refractivity contribution in [3.63, 3.8) is 0 Å². The molecule has 3 nitrogen and oxygen atoms in total. The van der Waals surface area contributed by atoms with Gasteiger partial charge in [0.2, 0.25) is 5.91 Å². The average molecular weight is 294 g/mol. The maximum atomic E-state index is 11.1. The van der Waals surface area contributed by atoms with Crippen LogP contribution < -0.4 is 10.6 Å². The fraction of sp³-hybridized carbons (Fsp3) is 0.562. The van der Waals surface area contributed by atoms with Crippen LogP contribution in [0.2, 0.25) is 0 Å². The van der Waals surface area contributed by atoms with Crippen LogP contribution in [0.15, 0.2) is 29.2 Å². The lowest BCUT2D eigenvalue weighted by Crippen LogP contribution is -2.35. The normalized spacial score (nSPS) is 11.4. The number of nitrogens with one attached hydrogen (secondary N) is 2. The Hall–Kier alpha value is -1.00. The standard InChI is InChI=1S/C16H26N2OS/c1-16(2,3)18-12-13-7-9-14(10-8-13)20-11-5-6-15(19)17-4/h7-10,18H,5-6,11-12H2,1-4H3,(H,17,19). The lowest BCUT2D eigenvalue weighted by atomic mass is 10.1. The van der Waals surface area contributed by atoms with E-state index >= 15 is 0 Å². The Morgan fingerprint density at radius 3 is 2.40 bits per heavy atom. The third-order valence-electron chi connectivity index (χ3n) is 2.84. The molecule has 0 aliphatic heterocycles. The highest BCUT2D eigenvalue weighted by Crippen LogP contribution is 2.20. The summed E-state index contributed by atoms with van der Waals surface area (Å²) in [6, 6.07) is 8.65. The minimum Gasteiger partial charge on any atom is -0.359 e. The zero-order chi connectivity index (χ0) is 15.0. The van der Waals surface area contributed by atoms with Gasteiger partial charge in [0.25, 0.3) is 0 Å². The Balaban J connectivity index is 2.30. The molecule has 0 aliphatic carbocycles. The highest BCUT2D eigenvalue weighted by molar-refractivity contribution is 7.99. The van der Waals surface area contributed by atoms with Gasteiger partial charge in [0.1, 0.15) is 0 Å². The number of hydrogen-bond donors (Lipinski definition) is 2. The molecule has 2 N–H and O–H groups in total. The van der Waals surface area contributed by atoms with Crippen molar-refractivity contribution < 1.29 is 4.79 Å². The SMILES string of the molecule is CNC(=O)CCCSc1ccc(CNC(C)(C)C)cc1. The first-order valence-electron chi connectivity index (χ1n) is 7.08. The van der Waals surface area contributed by atoms with Crippen LogP contribution in [0.25, 0.3) is 0 Å². The van der Waals surface area contributed by atoms with Crippen LogP contribution in [-0.2, 0) is 11.3 Å². The van der Waals surface area contributed by atoms with Crippen LogP contribution in [0.3, 0.4) is 0 Å². The monoisotopic (exact) mass is 294 g/mol. The number of rotatable bonds is 7. The van der Waals surface area contributed by atoms with Gasteiger partial charge >= 0.3 is 0 Å². The molecule has 1 aromatic carbocycles. The van der Waals surface area contributed by atoms with Gasteiger partial charge in [0, 0.05) is 30.4 Å². The summed E-state index contributed by atoms with van der Waals surface area (Å²) in [5.41, 5.74) is 1.45. The number of hydrogen-bond acceptors (Lipinski definition) is 3. The molecule has 0 unspecified atom stereocenters. The molecular formula is C16H26N2OS. The smallest absolute Gasteiger partial charge is 0.219 e. The first kappa shape index (κ1) is 17.1. The van der Waals surface area contributed by atoms with E-state index in [4.69, 9.17) is 0 Å². The van der Waals surface area contributed by atoms with E-state index in [0.29, 0.717) is 6.42 Å². The van der Waals surface area contributed by atoms with Gasteiger partial charge in [-0.2, -0.15) is 0 Å². The summed E-state index contributed by atoms with van der Waals surface area (Å²) >= 11 is 1.80. The Morgan fingerprint density at radius 2 is 1.85 bits per heavy atom. The molecule has 0 radical (unpaired) electrons. The summed E-state index contributed by atoms with van der Waals surface area (Å²) in [6.07, 6.45) is 1.52. The largest absolute Gasteiger partial charge is 0.359 e. The van der Waals surface area contributed by atoms with Crippen molar-refractivity contribution in [1.82, 2.24) is 10.6 Å². The van der Waals surface area contributed by atoms with E-state index < -0.39 is 0 Å². The summed E-state index contributed by atoms with van der Waals surface area (Å²) in [4.78, 5) is 12.4. The Kier molecular flexibility index (Phi) is 7.10. The van der Waals surface area contributed by atoms with Gasteiger partial charge in [0.15, 0.2) is 0 Å². The first-order chi connectivity index (χ1) is 9.40. The van der Waals surface area contributed by atoms with Crippen LogP contribution in [0.4, 0.5) is 0 Å². The second kappa shape index (κ2) is 8.32. The highest BCUT2D eigenvalue weighted by atomic mass is 32.2. The van der Waals surface area contributed by atoms with Gasteiger partial charge in [-0.3, -0.25) is 4.79 Å². The molecule has 0 saturated carbocycles. The predicted molar refractivity (Wildman–Crippen MR) is 87.1 cm³/mol. The average Bonchev–Trinajstić information content (AvgIpc) is 2.41. The van der Waals surface area contributed by atoms with Gasteiger partial charge in [-0.1, -0.05) is 12.1 Å². The number of benzene rings is 1. The van der Waals surface area contributed by atoms with Crippen molar-refractivity contribution in [3.05, 3.63) is 29.8 Å². The zero-order valence-corrected chi connectivity index (χ0v) is 13.8. The van der Waals surface area contributed by atoms with E-state index in [1.54, 1.807) is 18.8 Å². The Bertz CT molecular complexity index is 409. The van der Waals surface area contributed by atoms with Gasteiger partial charge < -0.3 is 10.6 Å². The molecule has 0 heterocycles. The van der Waals surface area contributed by atoms with Crippen LogP contribution in [0.5, 0.6) is 0 Å². The topological polar surface area (TPSA) is 41.1 Å². The van der Waals surface area contributed by atoms with Gasteiger partial charge in [0.05, 0.1) is 0 Å². The fourth-order valence-electron chi connectivity index (χ4n) is 1.62. The molecule has 0 spiro atoms. The molecule has 0 atom stereocenters. The fourth-order valence-corrected chi connectivity index (χ4v) is 2.47. The molecule has 0 saturated heterocycles. The molecule has 0 aliphatic rings. The van der Waals surface area contributed by atoms with Crippen LogP contribution >= 0.6 is 11.8 Å². The minimum atomic E-state index is 0.120. The Morgan fingerprint density at radius 1 is 1.20 bits per heavy atom. The van der Waals surface area contributed by atoms with E-state index in [-0.39, 0.29) is 11.4 Å². The summed E-state index contributed by atoms with van der Waals surface area (Å²) in [7, 11) is 1.68. The molecular weight excluding hydrogens is 268 g/mol. The summed E-state index contributed by atoms with van der Waals surface area (Å²) in [5, 5.41) is 6.12. The molecule has 20 heavy (non-hydrogen) atoms. The molecule has 4 heteroatoms. The van der Waals surface area contributed by atoms with Crippen molar-refractivity contribution in [3.8, 4) is 0 Å². The molecule has 1 amide bonds. The number of thioether (sulfide) groups is 1. The minimum absolute atomic E-state index is 0.120. The maximum Gasteiger partial charge on any atom is 0.219 e. The second-order valence-corrected chi connectivity index (χ2v) is 7.04. The third kappa shape index (κ3) is 7.56. The lowest BCUT2D eigenvalue weighted by molar-refractivity contribution is -0.120. The molecule has 0 aromatic heterocycles. The first-order valence-corrected chi connectivity index (χ1v) is 8.06. The number of carbonyl (C=O) groups excluding carboxylic acids is 1. The van der Waals surface area contributed by atoms with Gasteiger partial charge in [-0.05, 0) is 50.6 Å². The van der Waals surface area contributed by atoms with Gasteiger partial charge in [-0.25, -0.2) is 0 Å². The Labute approximate surface area is 126 Å². The zero-order valence-electron chi connectivity index (χ0n) is 13.0. The predicted octanol–water partition coefficient (Wildman–Crippen LogP) is 3.19. The molecule has 1 rings (SSSR count). The number of amides is 1. The summed E-state index contributed by atoms with van der Waals surface area (Å²) < 4.78 is 0. The van der Waals surface area contributed by atoms with E-state index in [9.17, 15) is 4.79 Å². The van der Waals surface area contributed by atoms with Crippen LogP contribution in [-0.4, -0.2) is 24.2 Å². The third-order valence-corrected chi connectivity index (χ3v) is 3.94. The van der Waals surface area contributed by atoms with Crippen molar-refractivity contribution in [1.29, 1.82) is 0 Å². The molecule has 1 aromatic rings. The molecule has 0 bridgehead atoms. The van der Waals surface area contributed by atoms with E-state index in [2.05, 4.69) is 55.7 Å². The van der Waals surface area contributed by atoms with Gasteiger partial charge in [-0.15, -0.1) is 11.8 Å². The van der Waals surface area contributed by atoms with Crippen molar-refractivity contribution in [2.24, 2.45) is 0 Å². The summed E-state index contributed by atoms with van der Waals surface area (Å²) in [6.45, 7) is 7.40. The van der Waals surface area contributed by atoms with Crippen molar-refractivity contribution >= 4 is 17.7 Å². The second-order valence-electron chi connectivity index (χ2n) is 5.87. The molecule has 112 valence electrons. The van der Waals surface area contributed by atoms with Crippen LogP contribution in [0.1, 0.15) is 39.2 Å². The maximum absolute atomic E-state index is 11.1. The quantitative estimate of drug-likeness (QED) is 0.599. The highest BCUT2D eigenvalue weighted by Gasteiger charge is 2.08. The van der Waals surface area contributed by atoms with Crippen molar-refractivity contribution in [2.75, 3.05) is 12.8 Å². The van der Waals surface area contributed by atoms with E-state index in [1.165, 1.54) is 10.5 Å². The van der Waals surface area contributed by atoms with E-state index in [0.717, 1.165) is 18.7 Å². The van der Waals surface area contributed by atoms with E-state index in [1.807, 2.05) is 0 Å². The van der Waals surface area contributed by atoms with Crippen LogP contribution in [0, 0.1) is 0 Å². The number of carbonyl (C=O) groups is 1.